The monoisotopic (exact) mass is 287 g/mol. The van der Waals surface area contributed by atoms with E-state index in [1.165, 1.54) is 6.08 Å². The van der Waals surface area contributed by atoms with Gasteiger partial charge in [-0.05, 0) is 29.8 Å². The number of nitrogens with two attached hydrogens (primary N) is 1. The lowest BCUT2D eigenvalue weighted by Gasteiger charge is -2.09. The molecule has 0 unspecified atom stereocenters. The molecule has 0 aliphatic rings. The van der Waals surface area contributed by atoms with Gasteiger partial charge in [0, 0.05) is 16.7 Å². The minimum atomic E-state index is -0.488. The molecule has 2 aromatic carbocycles. The quantitative estimate of drug-likeness (QED) is 0.857. The third kappa shape index (κ3) is 4.14. The molecule has 4 heteroatoms. The molecule has 0 aliphatic carbocycles. The van der Waals surface area contributed by atoms with Crippen LogP contribution in [0.3, 0.4) is 0 Å². The highest BCUT2D eigenvalue weighted by Gasteiger charge is 2.01. The van der Waals surface area contributed by atoms with Gasteiger partial charge in [0.2, 0.25) is 5.91 Å². The van der Waals surface area contributed by atoms with E-state index in [0.29, 0.717) is 17.4 Å². The Morgan fingerprint density at radius 2 is 1.85 bits per heavy atom. The van der Waals surface area contributed by atoms with Crippen LogP contribution in [-0.2, 0) is 11.4 Å². The second-order valence-electron chi connectivity index (χ2n) is 4.19. The number of ether oxygens (including phenoxy) is 1. The Balaban J connectivity index is 2.09. The molecule has 0 atom stereocenters. The lowest BCUT2D eigenvalue weighted by molar-refractivity contribution is -0.113. The van der Waals surface area contributed by atoms with Crippen LogP contribution < -0.4 is 10.5 Å². The molecule has 3 nitrogen and oxygen atoms in total. The first-order valence-electron chi connectivity index (χ1n) is 6.09. The second-order valence-corrected chi connectivity index (χ2v) is 4.63. The first-order chi connectivity index (χ1) is 9.65. The van der Waals surface area contributed by atoms with Gasteiger partial charge in [-0.2, -0.15) is 0 Å². The normalized spacial score (nSPS) is 10.7. The molecule has 102 valence electrons. The standard InChI is InChI=1S/C16H14ClNO2/c17-14-8-5-12(6-9-14)11-20-15-4-2-1-3-13(15)7-10-16(18)19/h1-10H,11H2,(H2,18,19). The van der Waals surface area contributed by atoms with Crippen molar-refractivity contribution in [3.05, 3.63) is 70.8 Å². The van der Waals surface area contributed by atoms with Gasteiger partial charge in [0.25, 0.3) is 0 Å². The van der Waals surface area contributed by atoms with E-state index < -0.39 is 5.91 Å². The molecule has 0 bridgehead atoms. The summed E-state index contributed by atoms with van der Waals surface area (Å²) in [5.74, 6) is 0.206. The first-order valence-corrected chi connectivity index (χ1v) is 6.47. The van der Waals surface area contributed by atoms with E-state index in [9.17, 15) is 4.79 Å². The Bertz CT molecular complexity index is 621. The van der Waals surface area contributed by atoms with Crippen LogP contribution >= 0.6 is 11.6 Å². The highest BCUT2D eigenvalue weighted by Crippen LogP contribution is 2.21. The van der Waals surface area contributed by atoms with Crippen molar-refractivity contribution in [2.24, 2.45) is 5.73 Å². The summed E-state index contributed by atoms with van der Waals surface area (Å²) >= 11 is 5.83. The average molecular weight is 288 g/mol. The smallest absolute Gasteiger partial charge is 0.241 e. The average Bonchev–Trinajstić information content (AvgIpc) is 2.45. The fourth-order valence-electron chi connectivity index (χ4n) is 1.66. The maximum absolute atomic E-state index is 10.8. The minimum absolute atomic E-state index is 0.429. The van der Waals surface area contributed by atoms with Crippen molar-refractivity contribution in [1.29, 1.82) is 0 Å². The lowest BCUT2D eigenvalue weighted by Crippen LogP contribution is -2.05. The number of carbonyl (C=O) groups excluding carboxylic acids is 1. The van der Waals surface area contributed by atoms with Crippen LogP contribution in [0.5, 0.6) is 5.75 Å². The predicted octanol–water partition coefficient (Wildman–Crippen LogP) is 3.42. The van der Waals surface area contributed by atoms with E-state index in [1.54, 1.807) is 6.08 Å². The Morgan fingerprint density at radius 1 is 1.15 bits per heavy atom. The van der Waals surface area contributed by atoms with Crippen molar-refractivity contribution in [3.8, 4) is 5.75 Å². The van der Waals surface area contributed by atoms with Crippen molar-refractivity contribution in [3.63, 3.8) is 0 Å². The van der Waals surface area contributed by atoms with Crippen molar-refractivity contribution in [2.45, 2.75) is 6.61 Å². The van der Waals surface area contributed by atoms with Crippen LogP contribution in [0.2, 0.25) is 5.02 Å². The molecule has 0 aliphatic heterocycles. The maximum atomic E-state index is 10.8. The Kier molecular flexibility index (Phi) is 4.80. The van der Waals surface area contributed by atoms with Crippen LogP contribution in [0, 0.1) is 0 Å². The van der Waals surface area contributed by atoms with E-state index in [4.69, 9.17) is 22.1 Å². The van der Waals surface area contributed by atoms with Crippen LogP contribution in [-0.4, -0.2) is 5.91 Å². The molecule has 0 radical (unpaired) electrons. The predicted molar refractivity (Wildman–Crippen MR) is 80.5 cm³/mol. The molecular formula is C16H14ClNO2. The van der Waals surface area contributed by atoms with E-state index in [2.05, 4.69) is 0 Å². The number of benzene rings is 2. The SMILES string of the molecule is NC(=O)C=Cc1ccccc1OCc1ccc(Cl)cc1. The molecule has 0 fully saturated rings. The Hall–Kier alpha value is -2.26. The van der Waals surface area contributed by atoms with Gasteiger partial charge in [0.05, 0.1) is 0 Å². The molecule has 2 rings (SSSR count). The zero-order valence-electron chi connectivity index (χ0n) is 10.8. The largest absolute Gasteiger partial charge is 0.488 e. The van der Waals surface area contributed by atoms with Gasteiger partial charge in [0.15, 0.2) is 0 Å². The summed E-state index contributed by atoms with van der Waals surface area (Å²) in [6.07, 6.45) is 2.95. The summed E-state index contributed by atoms with van der Waals surface area (Å²) in [6, 6.07) is 14.9. The van der Waals surface area contributed by atoms with Gasteiger partial charge in [0.1, 0.15) is 12.4 Å². The van der Waals surface area contributed by atoms with E-state index in [-0.39, 0.29) is 0 Å². The van der Waals surface area contributed by atoms with Gasteiger partial charge in [-0.25, -0.2) is 0 Å². The van der Waals surface area contributed by atoms with E-state index >= 15 is 0 Å². The summed E-state index contributed by atoms with van der Waals surface area (Å²) in [4.78, 5) is 10.8. The molecular weight excluding hydrogens is 274 g/mol. The number of carbonyl (C=O) groups is 1. The molecule has 0 saturated carbocycles. The minimum Gasteiger partial charge on any atom is -0.488 e. The summed E-state index contributed by atoms with van der Waals surface area (Å²) in [5, 5.41) is 0.693. The Morgan fingerprint density at radius 3 is 2.55 bits per heavy atom. The highest BCUT2D eigenvalue weighted by atomic mass is 35.5. The van der Waals surface area contributed by atoms with E-state index in [0.717, 1.165) is 11.1 Å². The number of halogens is 1. The van der Waals surface area contributed by atoms with Gasteiger partial charge in [-0.3, -0.25) is 4.79 Å². The van der Waals surface area contributed by atoms with Gasteiger partial charge < -0.3 is 10.5 Å². The molecule has 0 spiro atoms. The fraction of sp³-hybridized carbons (Fsp3) is 0.0625. The Labute approximate surface area is 122 Å². The lowest BCUT2D eigenvalue weighted by atomic mass is 10.2. The molecule has 2 aromatic rings. The number of primary amides is 1. The van der Waals surface area contributed by atoms with Crippen LogP contribution in [0.1, 0.15) is 11.1 Å². The third-order valence-electron chi connectivity index (χ3n) is 2.65. The molecule has 2 N–H and O–H groups in total. The van der Waals surface area contributed by atoms with Gasteiger partial charge >= 0.3 is 0 Å². The van der Waals surface area contributed by atoms with Crippen LogP contribution in [0.25, 0.3) is 6.08 Å². The number of hydrogen-bond acceptors (Lipinski definition) is 2. The fourth-order valence-corrected chi connectivity index (χ4v) is 1.79. The number of amides is 1. The first kappa shape index (κ1) is 14.2. The summed E-state index contributed by atoms with van der Waals surface area (Å²) in [5.41, 5.74) is 6.91. The topological polar surface area (TPSA) is 52.3 Å². The second kappa shape index (κ2) is 6.78. The summed E-state index contributed by atoms with van der Waals surface area (Å²) in [6.45, 7) is 0.429. The molecule has 0 saturated heterocycles. The van der Waals surface area contributed by atoms with Gasteiger partial charge in [-0.15, -0.1) is 0 Å². The number of rotatable bonds is 5. The molecule has 0 aromatic heterocycles. The summed E-state index contributed by atoms with van der Waals surface area (Å²) in [7, 11) is 0. The highest BCUT2D eigenvalue weighted by molar-refractivity contribution is 6.30. The number of hydrogen-bond donors (Lipinski definition) is 1. The number of para-hydroxylation sites is 1. The molecule has 1 amide bonds. The van der Waals surface area contributed by atoms with Crippen LogP contribution in [0.15, 0.2) is 54.6 Å². The zero-order chi connectivity index (χ0) is 14.4. The third-order valence-corrected chi connectivity index (χ3v) is 2.91. The molecule has 0 heterocycles. The van der Waals surface area contributed by atoms with Crippen molar-refractivity contribution < 1.29 is 9.53 Å². The van der Waals surface area contributed by atoms with E-state index in [1.807, 2.05) is 48.5 Å². The van der Waals surface area contributed by atoms with Gasteiger partial charge in [-0.1, -0.05) is 41.9 Å². The van der Waals surface area contributed by atoms with Crippen molar-refractivity contribution in [1.82, 2.24) is 0 Å². The molecule has 20 heavy (non-hydrogen) atoms. The van der Waals surface area contributed by atoms with Crippen molar-refractivity contribution >= 4 is 23.6 Å². The summed E-state index contributed by atoms with van der Waals surface area (Å²) < 4.78 is 5.75. The zero-order valence-corrected chi connectivity index (χ0v) is 11.5. The maximum Gasteiger partial charge on any atom is 0.241 e. The van der Waals surface area contributed by atoms with Crippen LogP contribution in [0.4, 0.5) is 0 Å². The van der Waals surface area contributed by atoms with Crippen molar-refractivity contribution in [2.75, 3.05) is 0 Å².